The fourth-order valence-electron chi connectivity index (χ4n) is 3.28. The molecule has 3 aromatic rings. The lowest BCUT2D eigenvalue weighted by molar-refractivity contribution is 0.601. The molecule has 7 nitrogen and oxygen atoms in total. The Bertz CT molecular complexity index is 1230. The number of hydrogen-bond acceptors (Lipinski definition) is 4. The third-order valence-corrected chi connectivity index (χ3v) is 6.00. The van der Waals surface area contributed by atoms with E-state index in [0.29, 0.717) is 12.1 Å². The Morgan fingerprint density at radius 1 is 0.929 bits per heavy atom. The van der Waals surface area contributed by atoms with Crippen molar-refractivity contribution in [1.82, 2.24) is 0 Å². The van der Waals surface area contributed by atoms with E-state index in [1.807, 2.05) is 30.3 Å². The molecule has 0 radical (unpaired) electrons. The maximum absolute atomic E-state index is 12.8. The summed E-state index contributed by atoms with van der Waals surface area (Å²) in [7, 11) is -3.72. The lowest BCUT2D eigenvalue weighted by Gasteiger charge is -2.10. The van der Waals surface area contributed by atoms with Crippen LogP contribution >= 0.6 is 0 Å². The number of fused-ring (bicyclic) bond motifs is 2. The van der Waals surface area contributed by atoms with Crippen molar-refractivity contribution in [3.8, 4) is 0 Å². The predicted octanol–water partition coefficient (Wildman–Crippen LogP) is 2.56. The molecule has 1 aliphatic rings. The molecule has 5 N–H and O–H groups in total. The highest BCUT2D eigenvalue weighted by atomic mass is 32.2. The van der Waals surface area contributed by atoms with E-state index in [4.69, 9.17) is 11.5 Å². The molecule has 0 aliphatic heterocycles. The summed E-state index contributed by atoms with van der Waals surface area (Å²) in [5.74, 6) is -0.117. The molecule has 0 saturated carbocycles. The van der Waals surface area contributed by atoms with Gasteiger partial charge >= 0.3 is 0 Å². The van der Waals surface area contributed by atoms with Crippen molar-refractivity contribution in [1.29, 1.82) is 0 Å². The number of nitrogens with one attached hydrogen (secondary N) is 1. The van der Waals surface area contributed by atoms with E-state index in [-0.39, 0.29) is 10.9 Å². The monoisotopic (exact) mass is 393 g/mol. The van der Waals surface area contributed by atoms with E-state index >= 15 is 0 Å². The molecule has 3 aromatic carbocycles. The van der Waals surface area contributed by atoms with Crippen molar-refractivity contribution in [2.75, 3.05) is 4.72 Å². The Balaban J connectivity index is 1.66. The van der Waals surface area contributed by atoms with Crippen molar-refractivity contribution in [3.63, 3.8) is 0 Å². The van der Waals surface area contributed by atoms with Gasteiger partial charge in [-0.05, 0) is 53.4 Å². The molecular weight excluding hydrogens is 374 g/mol. The summed E-state index contributed by atoms with van der Waals surface area (Å²) in [6, 6.07) is 18.1. The highest BCUT2D eigenvalue weighted by Crippen LogP contribution is 2.28. The van der Waals surface area contributed by atoms with Crippen LogP contribution in [0.15, 0.2) is 75.8 Å². The highest BCUT2D eigenvalue weighted by Gasteiger charge is 2.20. The number of nitrogens with two attached hydrogens (primary N) is 2. The van der Waals surface area contributed by atoms with Crippen LogP contribution in [-0.4, -0.2) is 20.1 Å². The minimum absolute atomic E-state index is 0.117. The van der Waals surface area contributed by atoms with E-state index < -0.39 is 10.0 Å². The third kappa shape index (κ3) is 3.54. The van der Waals surface area contributed by atoms with Crippen LogP contribution in [-0.2, 0) is 16.4 Å². The number of hydrogen-bond donors (Lipinski definition) is 3. The number of aryl methyl sites for hydroxylation is 1. The zero-order valence-corrected chi connectivity index (χ0v) is 15.8. The second kappa shape index (κ2) is 6.97. The van der Waals surface area contributed by atoms with Crippen LogP contribution in [0.5, 0.6) is 0 Å². The number of guanidine groups is 1. The van der Waals surface area contributed by atoms with Gasteiger partial charge in [0.05, 0.1) is 10.6 Å². The van der Waals surface area contributed by atoms with Gasteiger partial charge in [0.25, 0.3) is 10.0 Å². The van der Waals surface area contributed by atoms with Crippen molar-refractivity contribution < 1.29 is 8.42 Å². The van der Waals surface area contributed by atoms with Gasteiger partial charge in [0.1, 0.15) is 0 Å². The molecule has 0 heterocycles. The maximum atomic E-state index is 12.8. The first kappa shape index (κ1) is 18.0. The first-order valence-corrected chi connectivity index (χ1v) is 10.2. The number of benzene rings is 3. The molecule has 0 saturated heterocycles. The number of anilines is 1. The van der Waals surface area contributed by atoms with Crippen LogP contribution in [0.2, 0.25) is 0 Å². The Morgan fingerprint density at radius 2 is 1.71 bits per heavy atom. The summed E-state index contributed by atoms with van der Waals surface area (Å²) in [5, 5.41) is 9.63. The Kier molecular flexibility index (Phi) is 4.48. The van der Waals surface area contributed by atoms with Crippen molar-refractivity contribution >= 4 is 38.2 Å². The fourth-order valence-corrected chi connectivity index (χ4v) is 4.37. The zero-order chi connectivity index (χ0) is 19.7. The van der Waals surface area contributed by atoms with E-state index in [1.165, 1.54) is 0 Å². The highest BCUT2D eigenvalue weighted by molar-refractivity contribution is 7.92. The Labute approximate surface area is 162 Å². The fraction of sp³-hybridized carbons (Fsp3) is 0.100. The van der Waals surface area contributed by atoms with Crippen LogP contribution in [0.25, 0.3) is 10.8 Å². The van der Waals surface area contributed by atoms with Gasteiger partial charge in [0, 0.05) is 11.3 Å². The normalized spacial score (nSPS) is 14.8. The average Bonchev–Trinajstić information content (AvgIpc) is 3.08. The van der Waals surface area contributed by atoms with Crippen molar-refractivity contribution in [2.24, 2.45) is 21.7 Å². The van der Waals surface area contributed by atoms with Crippen molar-refractivity contribution in [3.05, 3.63) is 71.8 Å². The Morgan fingerprint density at radius 3 is 2.50 bits per heavy atom. The number of rotatable bonds is 4. The van der Waals surface area contributed by atoms with Crippen molar-refractivity contribution in [2.45, 2.75) is 17.7 Å². The van der Waals surface area contributed by atoms with Gasteiger partial charge in [-0.3, -0.25) is 4.72 Å². The second-order valence-corrected chi connectivity index (χ2v) is 8.24. The van der Waals surface area contributed by atoms with Gasteiger partial charge < -0.3 is 11.5 Å². The molecule has 0 spiro atoms. The number of nitrogens with zero attached hydrogens (tertiary/aromatic N) is 2. The van der Waals surface area contributed by atoms with Crippen LogP contribution in [0, 0.1) is 0 Å². The van der Waals surface area contributed by atoms with E-state index in [0.717, 1.165) is 34.0 Å². The molecule has 0 bridgehead atoms. The summed E-state index contributed by atoms with van der Waals surface area (Å²) < 4.78 is 28.3. The molecule has 0 fully saturated rings. The largest absolute Gasteiger partial charge is 0.369 e. The molecule has 0 amide bonds. The lowest BCUT2D eigenvalue weighted by atomic mass is 10.1. The zero-order valence-electron chi connectivity index (χ0n) is 15.0. The standard InChI is InChI=1S/C20H19N5O2S/c21-20(22)24-23-19-10-7-14-5-8-16(12-18(14)19)25-28(26,27)17-9-6-13-3-1-2-4-15(13)11-17/h1-6,8-9,11-12,25H,7,10H2,(H4,21,22,24). The van der Waals surface area contributed by atoms with E-state index in [9.17, 15) is 8.42 Å². The predicted molar refractivity (Wildman–Crippen MR) is 112 cm³/mol. The van der Waals surface area contributed by atoms with Gasteiger partial charge in [0.15, 0.2) is 0 Å². The molecule has 8 heteroatoms. The smallest absolute Gasteiger partial charge is 0.261 e. The quantitative estimate of drug-likeness (QED) is 0.358. The molecule has 28 heavy (non-hydrogen) atoms. The molecule has 1 aliphatic carbocycles. The first-order chi connectivity index (χ1) is 13.4. The summed E-state index contributed by atoms with van der Waals surface area (Å²) in [6.07, 6.45) is 1.51. The first-order valence-electron chi connectivity index (χ1n) is 8.73. The molecular formula is C20H19N5O2S. The Hall–Kier alpha value is -3.39. The molecule has 0 atom stereocenters. The summed E-state index contributed by atoms with van der Waals surface area (Å²) in [6.45, 7) is 0. The van der Waals surface area contributed by atoms with Gasteiger partial charge in [-0.15, -0.1) is 5.10 Å². The summed E-state index contributed by atoms with van der Waals surface area (Å²) in [4.78, 5) is 0.209. The van der Waals surface area contributed by atoms with Crippen LogP contribution in [0.4, 0.5) is 5.69 Å². The second-order valence-electron chi connectivity index (χ2n) is 6.56. The topological polar surface area (TPSA) is 123 Å². The van der Waals surface area contributed by atoms with Gasteiger partial charge in [-0.25, -0.2) is 8.42 Å². The minimum Gasteiger partial charge on any atom is -0.369 e. The molecule has 4 rings (SSSR count). The van der Waals surface area contributed by atoms with Gasteiger partial charge in [-0.1, -0.05) is 36.4 Å². The van der Waals surface area contributed by atoms with Gasteiger partial charge in [0.2, 0.25) is 5.96 Å². The lowest BCUT2D eigenvalue weighted by Crippen LogP contribution is -2.22. The summed E-state index contributed by atoms with van der Waals surface area (Å²) in [5.41, 5.74) is 13.8. The SMILES string of the molecule is NC(N)=NN=C1CCc2ccc(NS(=O)(=O)c3ccc4ccccc4c3)cc21. The molecule has 0 unspecified atom stereocenters. The average molecular weight is 393 g/mol. The molecule has 142 valence electrons. The van der Waals surface area contributed by atoms with Crippen LogP contribution in [0.1, 0.15) is 17.5 Å². The maximum Gasteiger partial charge on any atom is 0.261 e. The molecule has 0 aromatic heterocycles. The van der Waals surface area contributed by atoms with Gasteiger partial charge in [-0.2, -0.15) is 5.10 Å². The number of sulfonamides is 1. The van der Waals surface area contributed by atoms with Crippen LogP contribution < -0.4 is 16.2 Å². The minimum atomic E-state index is -3.72. The third-order valence-electron chi connectivity index (χ3n) is 4.62. The van der Waals surface area contributed by atoms with Crippen LogP contribution in [0.3, 0.4) is 0 Å². The van der Waals surface area contributed by atoms with E-state index in [1.54, 1.807) is 30.3 Å². The summed E-state index contributed by atoms with van der Waals surface area (Å²) >= 11 is 0. The van der Waals surface area contributed by atoms with E-state index in [2.05, 4.69) is 14.9 Å².